The third-order valence-electron chi connectivity index (χ3n) is 3.89. The molecule has 1 atom stereocenters. The molecule has 0 aliphatic carbocycles. The number of ether oxygens (including phenoxy) is 1. The fourth-order valence-corrected chi connectivity index (χ4v) is 2.82. The summed E-state index contributed by atoms with van der Waals surface area (Å²) in [6.45, 7) is 5.21. The highest BCUT2D eigenvalue weighted by Gasteiger charge is 2.06. The van der Waals surface area contributed by atoms with E-state index in [1.807, 2.05) is 26.0 Å². The standard InChI is InChI=1S/C13H22N2O.C7H8O3S.H3N/c1-2-16-13-7-4-11(5-8-13)3-6-12(15)9-10-14;1-6-2-4-7(5-3-6)11(8,9)10;/h4-5,7-8,12H,2-3,6,9-10,14-15H2,1H3;2-5H,1H3,(H,8,9,10);1H3/t12-;;/m0../s1. The summed E-state index contributed by atoms with van der Waals surface area (Å²) >= 11 is 0. The minimum Gasteiger partial charge on any atom is -0.494 e. The van der Waals surface area contributed by atoms with Crippen LogP contribution < -0.4 is 22.4 Å². The monoisotopic (exact) mass is 411 g/mol. The molecular formula is C20H33N3O4S. The Morgan fingerprint density at radius 3 is 2.07 bits per heavy atom. The summed E-state index contributed by atoms with van der Waals surface area (Å²) in [5.74, 6) is 0.928. The highest BCUT2D eigenvalue weighted by Crippen LogP contribution is 2.14. The minimum atomic E-state index is -4.02. The molecule has 7 nitrogen and oxygen atoms in total. The maximum absolute atomic E-state index is 10.5. The van der Waals surface area contributed by atoms with E-state index in [0.717, 1.165) is 30.6 Å². The average molecular weight is 412 g/mol. The van der Waals surface area contributed by atoms with Crippen LogP contribution in [0.25, 0.3) is 0 Å². The van der Waals surface area contributed by atoms with Gasteiger partial charge in [0.15, 0.2) is 0 Å². The lowest BCUT2D eigenvalue weighted by Gasteiger charge is -2.10. The van der Waals surface area contributed by atoms with Gasteiger partial charge in [-0.1, -0.05) is 29.8 Å². The molecule has 0 radical (unpaired) electrons. The van der Waals surface area contributed by atoms with Crippen LogP contribution in [-0.4, -0.2) is 32.2 Å². The van der Waals surface area contributed by atoms with E-state index in [-0.39, 0.29) is 17.1 Å². The normalized spacial score (nSPS) is 11.6. The number of rotatable bonds is 8. The summed E-state index contributed by atoms with van der Waals surface area (Å²) in [5.41, 5.74) is 13.6. The number of nitrogens with two attached hydrogens (primary N) is 2. The molecular weight excluding hydrogens is 378 g/mol. The largest absolute Gasteiger partial charge is 0.494 e. The van der Waals surface area contributed by atoms with Gasteiger partial charge in [-0.15, -0.1) is 0 Å². The molecule has 0 unspecified atom stereocenters. The summed E-state index contributed by atoms with van der Waals surface area (Å²) < 4.78 is 34.9. The number of hydrogen-bond acceptors (Lipinski definition) is 6. The zero-order chi connectivity index (χ0) is 20.3. The van der Waals surface area contributed by atoms with Gasteiger partial charge in [0, 0.05) is 6.04 Å². The summed E-state index contributed by atoms with van der Waals surface area (Å²) in [5, 5.41) is 0. The van der Waals surface area contributed by atoms with Gasteiger partial charge in [0.25, 0.3) is 10.1 Å². The molecule has 0 amide bonds. The lowest BCUT2D eigenvalue weighted by molar-refractivity contribution is 0.340. The zero-order valence-electron chi connectivity index (χ0n) is 16.7. The molecule has 0 saturated heterocycles. The van der Waals surface area contributed by atoms with Crippen molar-refractivity contribution >= 4 is 10.1 Å². The van der Waals surface area contributed by atoms with Crippen molar-refractivity contribution in [1.29, 1.82) is 0 Å². The second kappa shape index (κ2) is 13.2. The maximum Gasteiger partial charge on any atom is 0.294 e. The Bertz CT molecular complexity index is 763. The molecule has 0 saturated carbocycles. The van der Waals surface area contributed by atoms with Crippen molar-refractivity contribution in [2.24, 2.45) is 11.5 Å². The Morgan fingerprint density at radius 1 is 1.04 bits per heavy atom. The highest BCUT2D eigenvalue weighted by molar-refractivity contribution is 7.85. The van der Waals surface area contributed by atoms with Crippen molar-refractivity contribution in [2.75, 3.05) is 13.2 Å². The van der Waals surface area contributed by atoms with Crippen molar-refractivity contribution in [2.45, 2.75) is 44.0 Å². The van der Waals surface area contributed by atoms with Gasteiger partial charge in [-0.05, 0) is 69.5 Å². The summed E-state index contributed by atoms with van der Waals surface area (Å²) in [4.78, 5) is -0.0666. The predicted octanol–water partition coefficient (Wildman–Crippen LogP) is 3.10. The molecule has 2 aromatic carbocycles. The number of aryl methyl sites for hydroxylation is 2. The molecule has 8 heteroatoms. The van der Waals surface area contributed by atoms with E-state index in [2.05, 4.69) is 12.1 Å². The van der Waals surface area contributed by atoms with E-state index in [1.165, 1.54) is 17.7 Å². The van der Waals surface area contributed by atoms with Gasteiger partial charge in [-0.2, -0.15) is 8.42 Å². The van der Waals surface area contributed by atoms with Crippen molar-refractivity contribution in [3.63, 3.8) is 0 Å². The third-order valence-corrected chi connectivity index (χ3v) is 4.76. The van der Waals surface area contributed by atoms with Gasteiger partial charge in [0.05, 0.1) is 11.5 Å². The Balaban J connectivity index is 0.000000535. The van der Waals surface area contributed by atoms with Gasteiger partial charge in [-0.3, -0.25) is 4.55 Å². The first-order chi connectivity index (χ1) is 12.8. The van der Waals surface area contributed by atoms with Crippen LogP contribution in [0.1, 0.15) is 30.9 Å². The second-order valence-electron chi connectivity index (χ2n) is 6.24. The van der Waals surface area contributed by atoms with Crippen LogP contribution in [0.4, 0.5) is 0 Å². The van der Waals surface area contributed by atoms with E-state index < -0.39 is 10.1 Å². The SMILES string of the molecule is CCOc1ccc(CC[C@H](N)CCN)cc1.Cc1ccc(S(=O)(=O)O)cc1.N. The van der Waals surface area contributed by atoms with Gasteiger partial charge >= 0.3 is 0 Å². The van der Waals surface area contributed by atoms with E-state index >= 15 is 0 Å². The van der Waals surface area contributed by atoms with Gasteiger partial charge in [0.2, 0.25) is 0 Å². The van der Waals surface area contributed by atoms with Crippen LogP contribution in [0.2, 0.25) is 0 Å². The van der Waals surface area contributed by atoms with Crippen molar-refractivity contribution < 1.29 is 17.7 Å². The van der Waals surface area contributed by atoms with Crippen molar-refractivity contribution in [1.82, 2.24) is 6.15 Å². The quantitative estimate of drug-likeness (QED) is 0.487. The smallest absolute Gasteiger partial charge is 0.294 e. The molecule has 158 valence electrons. The lowest BCUT2D eigenvalue weighted by Crippen LogP contribution is -2.24. The van der Waals surface area contributed by atoms with Gasteiger partial charge in [-0.25, -0.2) is 0 Å². The van der Waals surface area contributed by atoms with Crippen LogP contribution in [0.15, 0.2) is 53.4 Å². The first kappa shape index (κ1) is 26.0. The van der Waals surface area contributed by atoms with E-state index in [4.69, 9.17) is 20.8 Å². The van der Waals surface area contributed by atoms with E-state index in [9.17, 15) is 8.42 Å². The molecule has 0 fully saturated rings. The fourth-order valence-electron chi connectivity index (χ4n) is 2.34. The zero-order valence-corrected chi connectivity index (χ0v) is 17.5. The maximum atomic E-state index is 10.5. The van der Waals surface area contributed by atoms with Gasteiger partial charge < -0.3 is 22.4 Å². The Morgan fingerprint density at radius 2 is 1.61 bits per heavy atom. The number of hydrogen-bond donors (Lipinski definition) is 4. The van der Waals surface area contributed by atoms with Gasteiger partial charge in [0.1, 0.15) is 5.75 Å². The summed E-state index contributed by atoms with van der Waals surface area (Å²) in [7, 11) is -4.02. The topological polar surface area (TPSA) is 151 Å². The molecule has 28 heavy (non-hydrogen) atoms. The highest BCUT2D eigenvalue weighted by atomic mass is 32.2. The van der Waals surface area contributed by atoms with Crippen LogP contribution in [0, 0.1) is 6.92 Å². The van der Waals surface area contributed by atoms with Crippen molar-refractivity contribution in [3.05, 3.63) is 59.7 Å². The molecule has 0 aliphatic rings. The molecule has 0 spiro atoms. The van der Waals surface area contributed by atoms with E-state index in [0.29, 0.717) is 13.2 Å². The molecule has 2 aromatic rings. The molecule has 2 rings (SSSR count). The Hall–Kier alpha value is -1.97. The third kappa shape index (κ3) is 10.4. The molecule has 0 aliphatic heterocycles. The molecule has 0 bridgehead atoms. The van der Waals surface area contributed by atoms with Crippen molar-refractivity contribution in [3.8, 4) is 5.75 Å². The second-order valence-corrected chi connectivity index (χ2v) is 7.66. The molecule has 0 heterocycles. The Kier molecular flexibility index (Phi) is 12.3. The first-order valence-corrected chi connectivity index (χ1v) is 10.4. The summed E-state index contributed by atoms with van der Waals surface area (Å²) in [6, 6.07) is 14.4. The molecule has 8 N–H and O–H groups in total. The summed E-state index contributed by atoms with van der Waals surface area (Å²) in [6.07, 6.45) is 2.90. The van der Waals surface area contributed by atoms with E-state index in [1.54, 1.807) is 12.1 Å². The van der Waals surface area contributed by atoms with Crippen LogP contribution in [-0.2, 0) is 16.5 Å². The lowest BCUT2D eigenvalue weighted by atomic mass is 10.0. The van der Waals surface area contributed by atoms with Crippen LogP contribution >= 0.6 is 0 Å². The minimum absolute atomic E-state index is 0. The average Bonchev–Trinajstić information content (AvgIpc) is 2.62. The first-order valence-electron chi connectivity index (χ1n) is 8.97. The predicted molar refractivity (Wildman–Crippen MR) is 114 cm³/mol. The fraction of sp³-hybridized carbons (Fsp3) is 0.400. The van der Waals surface area contributed by atoms with Crippen LogP contribution in [0.3, 0.4) is 0 Å². The van der Waals surface area contributed by atoms with Crippen LogP contribution in [0.5, 0.6) is 5.75 Å². The molecule has 0 aromatic heterocycles. The number of benzene rings is 2. The Labute approximate surface area is 168 Å².